The summed E-state index contributed by atoms with van der Waals surface area (Å²) < 4.78 is 51.0. The molecule has 1 unspecified atom stereocenters. The molecule has 4 atom stereocenters. The smallest absolute Gasteiger partial charge is 0.330 e. The molecule has 200 valence electrons. The van der Waals surface area contributed by atoms with Crippen LogP contribution in [-0.2, 0) is 13.6 Å². The lowest BCUT2D eigenvalue weighted by Gasteiger charge is -2.45. The molecule has 2 heterocycles. The first-order valence-electron chi connectivity index (χ1n) is 12.4. The van der Waals surface area contributed by atoms with Crippen LogP contribution in [0.2, 0.25) is 36.3 Å². The number of hydrogen-bond donors (Lipinski definition) is 1. The average molecular weight is 533 g/mol. The highest BCUT2D eigenvalue weighted by atomic mass is 28.4. The number of alkyl halides is 1. The van der Waals surface area contributed by atoms with Crippen molar-refractivity contribution in [3.05, 3.63) is 32.9 Å². The Bertz CT molecular complexity index is 1060. The number of aromatic nitrogens is 2. The minimum Gasteiger partial charge on any atom is -0.414 e. The van der Waals surface area contributed by atoms with Crippen LogP contribution in [0.1, 0.15) is 60.6 Å². The molecule has 0 aromatic carbocycles. The number of hydrogen-bond acceptors (Lipinski definition) is 5. The number of nitrogens with zero attached hydrogens (tertiary/aromatic N) is 1. The van der Waals surface area contributed by atoms with E-state index in [2.05, 4.69) is 54.6 Å². The Morgan fingerprint density at radius 3 is 2.11 bits per heavy atom. The van der Waals surface area contributed by atoms with E-state index in [9.17, 15) is 14.0 Å². The third-order valence-electron chi connectivity index (χ3n) is 8.54. The molecule has 0 amide bonds. The van der Waals surface area contributed by atoms with Gasteiger partial charge in [0.05, 0.1) is 12.8 Å². The topological polar surface area (TPSA) is 82.5 Å². The molecule has 11 heteroatoms. The average Bonchev–Trinajstić information content (AvgIpc) is 3.50. The number of ether oxygens (including phenoxy) is 1. The Labute approximate surface area is 208 Å². The van der Waals surface area contributed by atoms with Gasteiger partial charge in [0.1, 0.15) is 11.7 Å². The zero-order chi connectivity index (χ0) is 26.8. The minimum atomic E-state index is -2.48. The number of H-pyrrole nitrogens is 1. The molecule has 1 aromatic heterocycles. The zero-order valence-electron chi connectivity index (χ0n) is 22.8. The van der Waals surface area contributed by atoms with Gasteiger partial charge in [0, 0.05) is 0 Å². The standard InChI is InChI=1S/C24H42F2N2O5Si2/c1-22(2,3)34(7,8)31-14-24(15-11-12-15)18(33-35(9,10)23(4,5)6)17(26)20(32-24)28-13-16(25)19(29)27-21(28)30/h13,15,17-18,20H,11-12,14H2,1-10H3,(H,27,29,30)/t17-,18?,20+,24-/m0/s1. The molecule has 35 heavy (non-hydrogen) atoms. The molecule has 1 aliphatic heterocycles. The Hall–Kier alpha value is -1.15. The molecule has 2 fully saturated rings. The summed E-state index contributed by atoms with van der Waals surface area (Å²) in [6, 6.07) is 0. The Morgan fingerprint density at radius 2 is 1.63 bits per heavy atom. The second kappa shape index (κ2) is 9.00. The predicted octanol–water partition coefficient (Wildman–Crippen LogP) is 5.10. The van der Waals surface area contributed by atoms with Crippen molar-refractivity contribution in [1.82, 2.24) is 9.55 Å². The number of aromatic amines is 1. The van der Waals surface area contributed by atoms with Crippen LogP contribution >= 0.6 is 0 Å². The molecule has 0 spiro atoms. The van der Waals surface area contributed by atoms with Crippen LogP contribution in [0.15, 0.2) is 15.8 Å². The predicted molar refractivity (Wildman–Crippen MR) is 137 cm³/mol. The summed E-state index contributed by atoms with van der Waals surface area (Å²) in [7, 11) is -4.71. The summed E-state index contributed by atoms with van der Waals surface area (Å²) in [5.74, 6) is -1.18. The number of halogens is 2. The summed E-state index contributed by atoms with van der Waals surface area (Å²) in [4.78, 5) is 26.1. The summed E-state index contributed by atoms with van der Waals surface area (Å²) >= 11 is 0. The van der Waals surface area contributed by atoms with Gasteiger partial charge in [-0.05, 0) is 55.0 Å². The van der Waals surface area contributed by atoms with Gasteiger partial charge in [-0.25, -0.2) is 9.18 Å². The van der Waals surface area contributed by atoms with E-state index in [1.165, 1.54) is 0 Å². The van der Waals surface area contributed by atoms with Crippen molar-refractivity contribution < 1.29 is 22.4 Å². The highest BCUT2D eigenvalue weighted by Gasteiger charge is 2.65. The lowest BCUT2D eigenvalue weighted by Crippen LogP contribution is -2.57. The Balaban J connectivity index is 2.10. The molecule has 1 saturated carbocycles. The van der Waals surface area contributed by atoms with Crippen molar-refractivity contribution in [3.63, 3.8) is 0 Å². The van der Waals surface area contributed by atoms with Crippen LogP contribution < -0.4 is 11.2 Å². The van der Waals surface area contributed by atoms with Crippen molar-refractivity contribution in [2.45, 2.75) is 115 Å². The second-order valence-electron chi connectivity index (χ2n) is 13.2. The van der Waals surface area contributed by atoms with Crippen molar-refractivity contribution in [1.29, 1.82) is 0 Å². The van der Waals surface area contributed by atoms with E-state index in [0.29, 0.717) is 0 Å². The van der Waals surface area contributed by atoms with Crippen molar-refractivity contribution in [3.8, 4) is 0 Å². The molecule has 7 nitrogen and oxygen atoms in total. The van der Waals surface area contributed by atoms with E-state index in [0.717, 1.165) is 23.6 Å². The quantitative estimate of drug-likeness (QED) is 0.494. The van der Waals surface area contributed by atoms with Gasteiger partial charge in [-0.3, -0.25) is 14.3 Å². The van der Waals surface area contributed by atoms with Gasteiger partial charge >= 0.3 is 5.69 Å². The summed E-state index contributed by atoms with van der Waals surface area (Å²) in [6.07, 6.45) is -1.81. The number of rotatable bonds is 7. The van der Waals surface area contributed by atoms with Gasteiger partial charge in [-0.15, -0.1) is 0 Å². The fraction of sp³-hybridized carbons (Fsp3) is 0.833. The van der Waals surface area contributed by atoms with Gasteiger partial charge in [0.2, 0.25) is 5.82 Å². The van der Waals surface area contributed by atoms with Crippen LogP contribution in [0.25, 0.3) is 0 Å². The van der Waals surface area contributed by atoms with Crippen LogP contribution in [0, 0.1) is 11.7 Å². The third kappa shape index (κ3) is 5.30. The highest BCUT2D eigenvalue weighted by Crippen LogP contribution is 2.55. The van der Waals surface area contributed by atoms with Crippen LogP contribution in [-0.4, -0.2) is 50.7 Å². The lowest BCUT2D eigenvalue weighted by molar-refractivity contribution is -0.136. The highest BCUT2D eigenvalue weighted by molar-refractivity contribution is 6.74. The van der Waals surface area contributed by atoms with E-state index in [-0.39, 0.29) is 22.6 Å². The lowest BCUT2D eigenvalue weighted by atomic mass is 9.91. The van der Waals surface area contributed by atoms with Gasteiger partial charge in [0.25, 0.3) is 5.56 Å². The molecule has 1 aromatic rings. The first-order valence-corrected chi connectivity index (χ1v) is 18.2. The van der Waals surface area contributed by atoms with Gasteiger partial charge in [0.15, 0.2) is 29.0 Å². The van der Waals surface area contributed by atoms with Crippen LogP contribution in [0.4, 0.5) is 8.78 Å². The second-order valence-corrected chi connectivity index (χ2v) is 22.7. The van der Waals surface area contributed by atoms with Crippen molar-refractivity contribution in [2.24, 2.45) is 5.92 Å². The molecule has 0 bridgehead atoms. The third-order valence-corrected chi connectivity index (χ3v) is 17.5. The minimum absolute atomic E-state index is 0.00593. The summed E-state index contributed by atoms with van der Waals surface area (Å²) in [5.41, 5.74) is -3.20. The fourth-order valence-electron chi connectivity index (χ4n) is 3.94. The van der Waals surface area contributed by atoms with Gasteiger partial charge in [-0.2, -0.15) is 4.39 Å². The first kappa shape index (κ1) is 28.4. The summed E-state index contributed by atoms with van der Waals surface area (Å²) in [6.45, 7) is 21.1. The maximum absolute atomic E-state index is 16.4. The molecular weight excluding hydrogens is 490 g/mol. The molecule has 0 radical (unpaired) electrons. The summed E-state index contributed by atoms with van der Waals surface area (Å²) in [5, 5.41) is -0.263. The maximum atomic E-state index is 16.4. The maximum Gasteiger partial charge on any atom is 0.330 e. The normalized spacial score (nSPS) is 28.5. The van der Waals surface area contributed by atoms with Gasteiger partial charge in [-0.1, -0.05) is 41.5 Å². The van der Waals surface area contributed by atoms with E-state index < -0.39 is 57.8 Å². The number of nitrogens with one attached hydrogen (secondary N) is 1. The zero-order valence-corrected chi connectivity index (χ0v) is 24.8. The van der Waals surface area contributed by atoms with Crippen LogP contribution in [0.3, 0.4) is 0 Å². The molecule has 2 aliphatic rings. The van der Waals surface area contributed by atoms with Crippen LogP contribution in [0.5, 0.6) is 0 Å². The SMILES string of the molecule is CC(C)(C)[Si](C)(C)OC[C@@]1(C2CC2)O[C@@H](n2cc(F)c(=O)[nH]c2=O)[C@@H](F)C1O[Si](C)(C)C(C)(C)C. The Morgan fingerprint density at radius 1 is 1.09 bits per heavy atom. The molecule has 1 saturated heterocycles. The monoisotopic (exact) mass is 532 g/mol. The van der Waals surface area contributed by atoms with E-state index in [1.54, 1.807) is 0 Å². The Kier molecular flexibility index (Phi) is 7.31. The largest absolute Gasteiger partial charge is 0.414 e. The molecule has 3 rings (SSSR count). The van der Waals surface area contributed by atoms with Crippen molar-refractivity contribution in [2.75, 3.05) is 6.61 Å². The molecule has 1 N–H and O–H groups in total. The van der Waals surface area contributed by atoms with E-state index in [4.69, 9.17) is 13.6 Å². The van der Waals surface area contributed by atoms with Crippen molar-refractivity contribution >= 4 is 16.6 Å². The fourth-order valence-corrected chi connectivity index (χ4v) is 6.28. The van der Waals surface area contributed by atoms with E-state index in [1.807, 2.05) is 18.1 Å². The van der Waals surface area contributed by atoms with E-state index >= 15 is 4.39 Å². The molecule has 1 aliphatic carbocycles. The first-order chi connectivity index (χ1) is 15.7. The molecular formula is C24H42F2N2O5Si2. The van der Waals surface area contributed by atoms with Gasteiger partial charge < -0.3 is 13.6 Å².